The first-order chi connectivity index (χ1) is 10.7. The molecule has 0 unspecified atom stereocenters. The maximum atomic E-state index is 12.6. The lowest BCUT2D eigenvalue weighted by Crippen LogP contribution is -2.30. The summed E-state index contributed by atoms with van der Waals surface area (Å²) in [6, 6.07) is 17.5. The van der Waals surface area contributed by atoms with E-state index in [-0.39, 0.29) is 5.91 Å². The van der Waals surface area contributed by atoms with Crippen LogP contribution in [0.25, 0.3) is 0 Å². The van der Waals surface area contributed by atoms with Crippen molar-refractivity contribution in [1.29, 1.82) is 0 Å². The molecule has 0 aliphatic rings. The molecular formula is C19H22ClNO. The quantitative estimate of drug-likeness (QED) is 0.622. The van der Waals surface area contributed by atoms with Crippen LogP contribution in [0.5, 0.6) is 0 Å². The number of anilines is 1. The van der Waals surface area contributed by atoms with Crippen LogP contribution >= 0.6 is 11.6 Å². The number of amides is 1. The van der Waals surface area contributed by atoms with Gasteiger partial charge in [0, 0.05) is 6.42 Å². The van der Waals surface area contributed by atoms with E-state index >= 15 is 0 Å². The van der Waals surface area contributed by atoms with E-state index in [1.165, 1.54) is 0 Å². The Balaban J connectivity index is 2.20. The van der Waals surface area contributed by atoms with Crippen molar-refractivity contribution in [2.75, 3.05) is 4.90 Å². The average molecular weight is 316 g/mol. The van der Waals surface area contributed by atoms with Crippen LogP contribution in [0.2, 0.25) is 5.02 Å². The molecule has 0 saturated heterocycles. The van der Waals surface area contributed by atoms with E-state index in [1.54, 1.807) is 4.90 Å². The topological polar surface area (TPSA) is 20.3 Å². The van der Waals surface area contributed by atoms with Crippen molar-refractivity contribution in [3.05, 3.63) is 65.2 Å². The highest BCUT2D eigenvalue weighted by atomic mass is 35.5. The van der Waals surface area contributed by atoms with Crippen molar-refractivity contribution in [2.24, 2.45) is 0 Å². The number of para-hydroxylation sites is 1. The third-order valence-electron chi connectivity index (χ3n) is 3.62. The molecular weight excluding hydrogens is 294 g/mol. The van der Waals surface area contributed by atoms with Crippen LogP contribution in [0.1, 0.15) is 38.2 Å². The molecule has 2 rings (SSSR count). The third-order valence-corrected chi connectivity index (χ3v) is 3.94. The minimum Gasteiger partial charge on any atom is -0.306 e. The lowest BCUT2D eigenvalue weighted by atomic mass is 10.1. The van der Waals surface area contributed by atoms with Gasteiger partial charge < -0.3 is 4.90 Å². The summed E-state index contributed by atoms with van der Waals surface area (Å²) < 4.78 is 0. The Morgan fingerprint density at radius 1 is 1.00 bits per heavy atom. The highest BCUT2D eigenvalue weighted by molar-refractivity contribution is 6.33. The molecule has 0 spiro atoms. The molecule has 0 fully saturated rings. The number of carbonyl (C=O) groups excluding carboxylic acids is 1. The van der Waals surface area contributed by atoms with Gasteiger partial charge in [0.1, 0.15) is 0 Å². The van der Waals surface area contributed by atoms with Gasteiger partial charge in [-0.1, -0.05) is 73.8 Å². The maximum Gasteiger partial charge on any atom is 0.227 e. The van der Waals surface area contributed by atoms with Gasteiger partial charge in [0.2, 0.25) is 5.91 Å². The van der Waals surface area contributed by atoms with E-state index in [9.17, 15) is 4.79 Å². The molecule has 0 aliphatic heterocycles. The first-order valence-corrected chi connectivity index (χ1v) is 8.19. The number of hydrogen-bond acceptors (Lipinski definition) is 1. The third kappa shape index (κ3) is 4.60. The van der Waals surface area contributed by atoms with Crippen molar-refractivity contribution in [3.8, 4) is 0 Å². The fourth-order valence-corrected chi connectivity index (χ4v) is 2.64. The summed E-state index contributed by atoms with van der Waals surface area (Å²) in [5.41, 5.74) is 1.89. The number of hydrogen-bond donors (Lipinski definition) is 0. The van der Waals surface area contributed by atoms with Crippen LogP contribution < -0.4 is 4.90 Å². The molecule has 1 amide bonds. The van der Waals surface area contributed by atoms with Crippen molar-refractivity contribution in [3.63, 3.8) is 0 Å². The normalized spacial score (nSPS) is 10.5. The predicted octanol–water partition coefficient (Wildman–Crippen LogP) is 5.45. The molecule has 0 aromatic heterocycles. The van der Waals surface area contributed by atoms with E-state index < -0.39 is 0 Å². The van der Waals surface area contributed by atoms with Gasteiger partial charge in [0.15, 0.2) is 0 Å². The monoisotopic (exact) mass is 315 g/mol. The Morgan fingerprint density at radius 2 is 1.68 bits per heavy atom. The highest BCUT2D eigenvalue weighted by Gasteiger charge is 2.18. The Hall–Kier alpha value is -1.80. The lowest BCUT2D eigenvalue weighted by molar-refractivity contribution is -0.118. The molecule has 2 aromatic rings. The van der Waals surface area contributed by atoms with Crippen LogP contribution in [-0.4, -0.2) is 5.91 Å². The summed E-state index contributed by atoms with van der Waals surface area (Å²) in [7, 11) is 0. The average Bonchev–Trinajstić information content (AvgIpc) is 2.54. The second-order valence-corrected chi connectivity index (χ2v) is 5.78. The van der Waals surface area contributed by atoms with Crippen LogP contribution in [-0.2, 0) is 11.3 Å². The second kappa shape index (κ2) is 8.60. The summed E-state index contributed by atoms with van der Waals surface area (Å²) in [5, 5.41) is 0.613. The second-order valence-electron chi connectivity index (χ2n) is 5.37. The number of unbranched alkanes of at least 4 members (excludes halogenated alkanes) is 2. The van der Waals surface area contributed by atoms with Gasteiger partial charge in [-0.15, -0.1) is 0 Å². The molecule has 0 heterocycles. The fourth-order valence-electron chi connectivity index (χ4n) is 2.41. The molecule has 0 atom stereocenters. The van der Waals surface area contributed by atoms with E-state index in [2.05, 4.69) is 6.92 Å². The number of rotatable bonds is 7. The summed E-state index contributed by atoms with van der Waals surface area (Å²) in [5.74, 6) is 0.130. The lowest BCUT2D eigenvalue weighted by Gasteiger charge is -2.24. The largest absolute Gasteiger partial charge is 0.306 e. The zero-order valence-corrected chi connectivity index (χ0v) is 13.7. The fraction of sp³-hybridized carbons (Fsp3) is 0.316. The Kier molecular flexibility index (Phi) is 6.47. The number of halogens is 1. The van der Waals surface area contributed by atoms with Crippen LogP contribution in [0, 0.1) is 0 Å². The first-order valence-electron chi connectivity index (χ1n) is 7.81. The van der Waals surface area contributed by atoms with Gasteiger partial charge in [0.05, 0.1) is 17.3 Å². The molecule has 0 N–H and O–H groups in total. The minimum atomic E-state index is 0.130. The van der Waals surface area contributed by atoms with Gasteiger partial charge in [-0.25, -0.2) is 0 Å². The molecule has 0 saturated carbocycles. The van der Waals surface area contributed by atoms with Gasteiger partial charge in [0.25, 0.3) is 0 Å². The molecule has 2 aromatic carbocycles. The summed E-state index contributed by atoms with van der Waals surface area (Å²) in [6.07, 6.45) is 3.67. The first kappa shape index (κ1) is 16.6. The van der Waals surface area contributed by atoms with Crippen LogP contribution in [0.3, 0.4) is 0 Å². The summed E-state index contributed by atoms with van der Waals surface area (Å²) in [4.78, 5) is 14.4. The maximum absolute atomic E-state index is 12.6. The van der Waals surface area contributed by atoms with E-state index in [0.29, 0.717) is 18.0 Å². The van der Waals surface area contributed by atoms with Gasteiger partial charge in [-0.3, -0.25) is 4.79 Å². The van der Waals surface area contributed by atoms with Crippen LogP contribution in [0.15, 0.2) is 54.6 Å². The van der Waals surface area contributed by atoms with E-state index in [1.807, 2.05) is 54.6 Å². The molecule has 0 radical (unpaired) electrons. The molecule has 0 bridgehead atoms. The summed E-state index contributed by atoms with van der Waals surface area (Å²) in [6.45, 7) is 2.69. The molecule has 22 heavy (non-hydrogen) atoms. The van der Waals surface area contributed by atoms with Gasteiger partial charge in [-0.2, -0.15) is 0 Å². The van der Waals surface area contributed by atoms with Gasteiger partial charge in [-0.05, 0) is 24.1 Å². The molecule has 0 aliphatic carbocycles. The molecule has 3 heteroatoms. The zero-order valence-electron chi connectivity index (χ0n) is 13.0. The zero-order chi connectivity index (χ0) is 15.8. The Labute approximate surface area is 137 Å². The Bertz CT molecular complexity index is 597. The Morgan fingerprint density at radius 3 is 2.36 bits per heavy atom. The standard InChI is InChI=1S/C19H22ClNO/c1-2-3-5-14-19(22)21(15-16-10-6-4-7-11-16)18-13-9-8-12-17(18)20/h4,6-13H,2-3,5,14-15H2,1H3. The smallest absolute Gasteiger partial charge is 0.227 e. The van der Waals surface area contributed by atoms with Crippen LogP contribution in [0.4, 0.5) is 5.69 Å². The minimum absolute atomic E-state index is 0.130. The van der Waals surface area contributed by atoms with E-state index in [4.69, 9.17) is 11.6 Å². The predicted molar refractivity (Wildman–Crippen MR) is 93.2 cm³/mol. The number of benzene rings is 2. The van der Waals surface area contributed by atoms with Crippen molar-refractivity contribution < 1.29 is 4.79 Å². The highest BCUT2D eigenvalue weighted by Crippen LogP contribution is 2.27. The van der Waals surface area contributed by atoms with Crippen molar-refractivity contribution in [1.82, 2.24) is 0 Å². The number of nitrogens with zero attached hydrogens (tertiary/aromatic N) is 1. The SMILES string of the molecule is CCCCCC(=O)N(Cc1ccccc1)c1ccccc1Cl. The van der Waals surface area contributed by atoms with E-state index in [0.717, 1.165) is 30.5 Å². The van der Waals surface area contributed by atoms with Crippen molar-refractivity contribution >= 4 is 23.2 Å². The molecule has 2 nitrogen and oxygen atoms in total. The van der Waals surface area contributed by atoms with Gasteiger partial charge >= 0.3 is 0 Å². The summed E-state index contributed by atoms with van der Waals surface area (Å²) >= 11 is 6.30. The molecule has 116 valence electrons. The number of carbonyl (C=O) groups is 1. The van der Waals surface area contributed by atoms with Crippen molar-refractivity contribution in [2.45, 2.75) is 39.2 Å².